The molecule has 0 saturated heterocycles. The van der Waals surface area contributed by atoms with Crippen molar-refractivity contribution in [2.75, 3.05) is 0 Å². The topological polar surface area (TPSA) is 61.2 Å². The van der Waals surface area contributed by atoms with Gasteiger partial charge in [-0.05, 0) is 36.4 Å². The van der Waals surface area contributed by atoms with E-state index in [0.29, 0.717) is 27.6 Å². The molecule has 0 aliphatic heterocycles. The van der Waals surface area contributed by atoms with Gasteiger partial charge in [0.2, 0.25) is 5.43 Å². The number of hydrogen-bond donors (Lipinski definition) is 0. The highest BCUT2D eigenvalue weighted by molar-refractivity contribution is 6.30. The summed E-state index contributed by atoms with van der Waals surface area (Å²) in [5.41, 5.74) is 1.48. The second-order valence-corrected chi connectivity index (χ2v) is 6.57. The van der Waals surface area contributed by atoms with Crippen molar-refractivity contribution in [1.29, 1.82) is 0 Å². The normalized spacial score (nSPS) is 10.8. The van der Waals surface area contributed by atoms with E-state index in [1.165, 1.54) is 6.07 Å². The van der Waals surface area contributed by atoms with Gasteiger partial charge < -0.3 is 9.30 Å². The van der Waals surface area contributed by atoms with Gasteiger partial charge in [-0.2, -0.15) is 0 Å². The predicted octanol–water partition coefficient (Wildman–Crippen LogP) is 4.32. The first kappa shape index (κ1) is 17.9. The van der Waals surface area contributed by atoms with E-state index < -0.39 is 5.97 Å². The number of carbonyl (C=O) groups is 1. The molecule has 0 fully saturated rings. The number of aromatic nitrogens is 2. The molecule has 0 amide bonds. The van der Waals surface area contributed by atoms with Crippen molar-refractivity contribution in [3.8, 4) is 17.1 Å². The molecule has 0 atom stereocenters. The van der Waals surface area contributed by atoms with E-state index in [4.69, 9.17) is 16.3 Å². The summed E-state index contributed by atoms with van der Waals surface area (Å²) in [6, 6.07) is 22.6. The number of halogens is 1. The van der Waals surface area contributed by atoms with Crippen LogP contribution in [0.3, 0.4) is 0 Å². The lowest BCUT2D eigenvalue weighted by Gasteiger charge is -2.09. The quantitative estimate of drug-likeness (QED) is 0.384. The number of imidazole rings is 1. The third-order valence-electron chi connectivity index (χ3n) is 4.22. The van der Waals surface area contributed by atoms with Crippen molar-refractivity contribution in [3.63, 3.8) is 0 Å². The standard InChI is InChI=1S/C22H15ClN2O3/c23-16-10-12-17(13-11-16)28-20(27)14-25-18-8-4-5-9-19(26)21(18)24-22(25)15-6-2-1-3-7-15/h1-13H,14H2. The Kier molecular flexibility index (Phi) is 4.91. The average molecular weight is 391 g/mol. The minimum atomic E-state index is -0.474. The molecule has 28 heavy (non-hydrogen) atoms. The van der Waals surface area contributed by atoms with Crippen LogP contribution in [0, 0.1) is 0 Å². The van der Waals surface area contributed by atoms with Crippen molar-refractivity contribution in [1.82, 2.24) is 9.55 Å². The number of rotatable bonds is 4. The molecule has 1 aromatic heterocycles. The van der Waals surface area contributed by atoms with E-state index in [-0.39, 0.29) is 12.0 Å². The van der Waals surface area contributed by atoms with Gasteiger partial charge in [-0.3, -0.25) is 4.79 Å². The van der Waals surface area contributed by atoms with Gasteiger partial charge in [-0.15, -0.1) is 0 Å². The summed E-state index contributed by atoms with van der Waals surface area (Å²) in [5, 5.41) is 0.558. The number of nitrogens with zero attached hydrogens (tertiary/aromatic N) is 2. The Labute approximate surface area is 165 Å². The van der Waals surface area contributed by atoms with Crippen LogP contribution in [0.2, 0.25) is 5.02 Å². The fourth-order valence-corrected chi connectivity index (χ4v) is 3.07. The summed E-state index contributed by atoms with van der Waals surface area (Å²) >= 11 is 5.86. The second kappa shape index (κ2) is 7.66. The van der Waals surface area contributed by atoms with Crippen LogP contribution in [0.15, 0.2) is 83.7 Å². The molecule has 4 aromatic rings. The number of benzene rings is 2. The molecule has 0 radical (unpaired) electrons. The molecular weight excluding hydrogens is 376 g/mol. The van der Waals surface area contributed by atoms with Crippen LogP contribution in [-0.2, 0) is 11.3 Å². The van der Waals surface area contributed by atoms with E-state index in [9.17, 15) is 9.59 Å². The molecule has 6 heteroatoms. The Morgan fingerprint density at radius 2 is 1.61 bits per heavy atom. The number of hydrogen-bond acceptors (Lipinski definition) is 4. The highest BCUT2D eigenvalue weighted by atomic mass is 35.5. The summed E-state index contributed by atoms with van der Waals surface area (Å²) in [4.78, 5) is 29.5. The maximum Gasteiger partial charge on any atom is 0.331 e. The lowest BCUT2D eigenvalue weighted by atomic mass is 10.2. The van der Waals surface area contributed by atoms with Gasteiger partial charge in [0, 0.05) is 10.6 Å². The third kappa shape index (κ3) is 3.66. The number of fused-ring (bicyclic) bond motifs is 1. The minimum absolute atomic E-state index is 0.0905. The van der Waals surface area contributed by atoms with Crippen molar-refractivity contribution < 1.29 is 9.53 Å². The second-order valence-electron chi connectivity index (χ2n) is 6.13. The van der Waals surface area contributed by atoms with Crippen LogP contribution in [-0.4, -0.2) is 15.5 Å². The van der Waals surface area contributed by atoms with Gasteiger partial charge in [0.05, 0.1) is 5.52 Å². The summed E-state index contributed by atoms with van der Waals surface area (Å²) in [5.74, 6) is 0.458. The monoisotopic (exact) mass is 390 g/mol. The van der Waals surface area contributed by atoms with Crippen molar-refractivity contribution in [3.05, 3.63) is 94.1 Å². The van der Waals surface area contributed by atoms with E-state index >= 15 is 0 Å². The van der Waals surface area contributed by atoms with E-state index in [1.54, 1.807) is 47.0 Å². The third-order valence-corrected chi connectivity index (χ3v) is 4.47. The largest absolute Gasteiger partial charge is 0.425 e. The Morgan fingerprint density at radius 3 is 2.36 bits per heavy atom. The summed E-state index contributed by atoms with van der Waals surface area (Å²) in [6.45, 7) is -0.0905. The SMILES string of the molecule is O=C(Cn1c(-c2ccccc2)nc2c(=O)ccccc21)Oc1ccc(Cl)cc1. The van der Waals surface area contributed by atoms with E-state index in [2.05, 4.69) is 4.98 Å². The number of ether oxygens (including phenoxy) is 1. The van der Waals surface area contributed by atoms with Gasteiger partial charge in [0.1, 0.15) is 23.6 Å². The van der Waals surface area contributed by atoms with Crippen molar-refractivity contribution >= 4 is 28.6 Å². The predicted molar refractivity (Wildman–Crippen MR) is 109 cm³/mol. The molecule has 4 rings (SSSR count). The Hall–Kier alpha value is -3.44. The lowest BCUT2D eigenvalue weighted by molar-refractivity contribution is -0.134. The Bertz CT molecular complexity index is 1200. The zero-order valence-electron chi connectivity index (χ0n) is 14.7. The van der Waals surface area contributed by atoms with Crippen LogP contribution in [0.5, 0.6) is 5.75 Å². The molecule has 0 saturated carbocycles. The van der Waals surface area contributed by atoms with Crippen LogP contribution >= 0.6 is 11.6 Å². The molecule has 1 heterocycles. The average Bonchev–Trinajstić information content (AvgIpc) is 2.95. The Balaban J connectivity index is 1.77. The molecule has 0 aliphatic rings. The highest BCUT2D eigenvalue weighted by Crippen LogP contribution is 2.23. The first-order valence-electron chi connectivity index (χ1n) is 8.63. The fourth-order valence-electron chi connectivity index (χ4n) is 2.95. The maximum atomic E-state index is 12.6. The van der Waals surface area contributed by atoms with Gasteiger partial charge in [0.25, 0.3) is 0 Å². The highest BCUT2D eigenvalue weighted by Gasteiger charge is 2.17. The van der Waals surface area contributed by atoms with Gasteiger partial charge >= 0.3 is 5.97 Å². The van der Waals surface area contributed by atoms with Crippen molar-refractivity contribution in [2.24, 2.45) is 0 Å². The molecule has 3 aromatic carbocycles. The smallest absolute Gasteiger partial charge is 0.331 e. The first-order valence-corrected chi connectivity index (χ1v) is 9.01. The molecule has 0 N–H and O–H groups in total. The lowest BCUT2D eigenvalue weighted by Crippen LogP contribution is -2.17. The van der Waals surface area contributed by atoms with Crippen LogP contribution < -0.4 is 10.2 Å². The van der Waals surface area contributed by atoms with E-state index in [0.717, 1.165) is 5.56 Å². The molecule has 0 unspecified atom stereocenters. The van der Waals surface area contributed by atoms with Crippen LogP contribution in [0.4, 0.5) is 0 Å². The molecule has 5 nitrogen and oxygen atoms in total. The number of carbonyl (C=O) groups excluding carboxylic acids is 1. The van der Waals surface area contributed by atoms with Gasteiger partial charge in [-0.1, -0.05) is 54.1 Å². The molecule has 0 bridgehead atoms. The van der Waals surface area contributed by atoms with Crippen LogP contribution in [0.1, 0.15) is 0 Å². The summed E-state index contributed by atoms with van der Waals surface area (Å²) in [7, 11) is 0. The molecule has 0 spiro atoms. The maximum absolute atomic E-state index is 12.6. The molecule has 0 aliphatic carbocycles. The van der Waals surface area contributed by atoms with Crippen LogP contribution in [0.25, 0.3) is 22.4 Å². The zero-order valence-corrected chi connectivity index (χ0v) is 15.5. The molecular formula is C22H15ClN2O3. The van der Waals surface area contributed by atoms with Gasteiger partial charge in [-0.25, -0.2) is 9.78 Å². The van der Waals surface area contributed by atoms with Crippen molar-refractivity contribution in [2.45, 2.75) is 6.54 Å². The fraction of sp³-hybridized carbons (Fsp3) is 0.0455. The van der Waals surface area contributed by atoms with E-state index in [1.807, 2.05) is 30.3 Å². The summed E-state index contributed by atoms with van der Waals surface area (Å²) in [6.07, 6.45) is 0. The first-order chi connectivity index (χ1) is 13.6. The summed E-state index contributed by atoms with van der Waals surface area (Å²) < 4.78 is 7.11. The Morgan fingerprint density at radius 1 is 0.929 bits per heavy atom. The van der Waals surface area contributed by atoms with Gasteiger partial charge in [0.15, 0.2) is 0 Å². The number of esters is 1. The molecule has 138 valence electrons. The zero-order chi connectivity index (χ0) is 19.5. The minimum Gasteiger partial charge on any atom is -0.425 e.